The van der Waals surface area contributed by atoms with Crippen molar-refractivity contribution in [2.75, 3.05) is 32.8 Å². The van der Waals surface area contributed by atoms with Gasteiger partial charge in [0.05, 0.1) is 19.7 Å². The van der Waals surface area contributed by atoms with E-state index in [-0.39, 0.29) is 31.6 Å². The van der Waals surface area contributed by atoms with E-state index in [0.717, 1.165) is 19.3 Å². The monoisotopic (exact) mass is 264 g/mol. The molecule has 1 saturated heterocycles. The van der Waals surface area contributed by atoms with Crippen LogP contribution in [-0.2, 0) is 4.79 Å². The number of alkyl halides is 2. The highest BCUT2D eigenvalue weighted by Gasteiger charge is 2.25. The zero-order valence-electron chi connectivity index (χ0n) is 10.8. The summed E-state index contributed by atoms with van der Waals surface area (Å²) >= 11 is 0. The molecule has 6 heteroatoms. The molecule has 1 N–H and O–H groups in total. The summed E-state index contributed by atoms with van der Waals surface area (Å²) in [4.78, 5) is 15.1. The molecule has 1 unspecified atom stereocenters. The van der Waals surface area contributed by atoms with Gasteiger partial charge in [-0.3, -0.25) is 9.69 Å². The summed E-state index contributed by atoms with van der Waals surface area (Å²) in [5, 5.41) is 8.81. The van der Waals surface area contributed by atoms with E-state index in [1.807, 2.05) is 6.92 Å². The fraction of sp³-hybridized carbons (Fsp3) is 0.917. The van der Waals surface area contributed by atoms with Gasteiger partial charge in [-0.25, -0.2) is 8.78 Å². The number of carbonyl (C=O) groups is 1. The fourth-order valence-corrected chi connectivity index (χ4v) is 2.32. The molecule has 106 valence electrons. The zero-order valence-corrected chi connectivity index (χ0v) is 10.8. The summed E-state index contributed by atoms with van der Waals surface area (Å²) in [7, 11) is 0. The molecular formula is C12H22F2N2O2. The molecule has 1 fully saturated rings. The number of aliphatic hydroxyl groups is 1. The van der Waals surface area contributed by atoms with E-state index in [1.165, 1.54) is 4.90 Å². The Morgan fingerprint density at radius 1 is 1.50 bits per heavy atom. The van der Waals surface area contributed by atoms with Gasteiger partial charge in [0, 0.05) is 19.1 Å². The number of amides is 1. The lowest BCUT2D eigenvalue weighted by Gasteiger charge is -2.35. The second-order valence-corrected chi connectivity index (χ2v) is 4.78. The molecule has 1 aliphatic rings. The Morgan fingerprint density at radius 2 is 2.22 bits per heavy atom. The molecule has 0 aliphatic carbocycles. The zero-order chi connectivity index (χ0) is 13.5. The van der Waals surface area contributed by atoms with Gasteiger partial charge >= 0.3 is 0 Å². The van der Waals surface area contributed by atoms with Crippen molar-refractivity contribution in [3.63, 3.8) is 0 Å². The van der Waals surface area contributed by atoms with Crippen LogP contribution in [0.15, 0.2) is 0 Å². The maximum atomic E-state index is 12.3. The third-order valence-electron chi connectivity index (χ3n) is 3.29. The van der Waals surface area contributed by atoms with Crippen molar-refractivity contribution in [2.45, 2.75) is 38.7 Å². The van der Waals surface area contributed by atoms with Gasteiger partial charge in [-0.15, -0.1) is 0 Å². The Balaban J connectivity index is 2.48. The van der Waals surface area contributed by atoms with Crippen LogP contribution in [0.25, 0.3) is 0 Å². The molecule has 0 radical (unpaired) electrons. The summed E-state index contributed by atoms with van der Waals surface area (Å²) in [5.41, 5.74) is 0. The summed E-state index contributed by atoms with van der Waals surface area (Å²) in [6.45, 7) is 2.10. The Hall–Kier alpha value is -0.750. The fourth-order valence-electron chi connectivity index (χ4n) is 2.32. The van der Waals surface area contributed by atoms with Gasteiger partial charge in [0.15, 0.2) is 0 Å². The number of rotatable bonds is 6. The number of nitrogens with zero attached hydrogens (tertiary/aromatic N) is 2. The van der Waals surface area contributed by atoms with Crippen molar-refractivity contribution in [3.8, 4) is 0 Å². The van der Waals surface area contributed by atoms with Gasteiger partial charge < -0.3 is 10.0 Å². The van der Waals surface area contributed by atoms with Crippen molar-refractivity contribution in [3.05, 3.63) is 0 Å². The first-order chi connectivity index (χ1) is 8.54. The predicted octanol–water partition coefficient (Wildman–Crippen LogP) is 0.947. The molecule has 0 aromatic carbocycles. The maximum Gasteiger partial charge on any atom is 0.251 e. The number of aliphatic hydroxyl groups excluding tert-OH is 1. The second kappa shape index (κ2) is 7.63. The maximum absolute atomic E-state index is 12.3. The van der Waals surface area contributed by atoms with Crippen LogP contribution in [0.5, 0.6) is 0 Å². The van der Waals surface area contributed by atoms with Crippen molar-refractivity contribution in [1.82, 2.24) is 9.80 Å². The minimum Gasteiger partial charge on any atom is -0.395 e. The Kier molecular flexibility index (Phi) is 6.49. The van der Waals surface area contributed by atoms with Gasteiger partial charge in [0.25, 0.3) is 6.43 Å². The number of carbonyl (C=O) groups excluding carboxylic acids is 1. The first-order valence-corrected chi connectivity index (χ1v) is 6.45. The van der Waals surface area contributed by atoms with Crippen molar-refractivity contribution in [1.29, 1.82) is 0 Å². The number of hydrogen-bond donors (Lipinski definition) is 1. The Morgan fingerprint density at radius 3 is 2.78 bits per heavy atom. The van der Waals surface area contributed by atoms with Gasteiger partial charge in [0.1, 0.15) is 0 Å². The van der Waals surface area contributed by atoms with Crippen molar-refractivity contribution < 1.29 is 18.7 Å². The first kappa shape index (κ1) is 15.3. The smallest absolute Gasteiger partial charge is 0.251 e. The number of piperidine rings is 1. The number of halogens is 2. The molecule has 4 nitrogen and oxygen atoms in total. The predicted molar refractivity (Wildman–Crippen MR) is 64.6 cm³/mol. The minimum atomic E-state index is -2.48. The van der Waals surface area contributed by atoms with Crippen LogP contribution in [0.3, 0.4) is 0 Å². The quantitative estimate of drug-likeness (QED) is 0.776. The normalized spacial score (nSPS) is 20.8. The molecule has 1 aliphatic heterocycles. The van der Waals surface area contributed by atoms with Crippen LogP contribution in [-0.4, -0.2) is 66.1 Å². The highest BCUT2D eigenvalue weighted by molar-refractivity contribution is 5.78. The van der Waals surface area contributed by atoms with Crippen LogP contribution in [0.1, 0.15) is 26.2 Å². The molecule has 1 atom stereocenters. The Bertz CT molecular complexity index is 264. The van der Waals surface area contributed by atoms with Crippen molar-refractivity contribution in [2.24, 2.45) is 0 Å². The lowest BCUT2D eigenvalue weighted by Crippen LogP contribution is -2.48. The minimum absolute atomic E-state index is 0.0325. The molecule has 0 aromatic heterocycles. The summed E-state index contributed by atoms with van der Waals surface area (Å²) < 4.78 is 24.7. The molecular weight excluding hydrogens is 242 g/mol. The first-order valence-electron chi connectivity index (χ1n) is 6.45. The summed E-state index contributed by atoms with van der Waals surface area (Å²) in [6.07, 6.45) is 0.580. The van der Waals surface area contributed by atoms with Crippen LogP contribution in [0, 0.1) is 0 Å². The lowest BCUT2D eigenvalue weighted by atomic mass is 10.0. The van der Waals surface area contributed by atoms with E-state index in [1.54, 1.807) is 4.90 Å². The molecule has 1 amide bonds. The van der Waals surface area contributed by atoms with Crippen LogP contribution >= 0.6 is 0 Å². The molecule has 0 bridgehead atoms. The third kappa shape index (κ3) is 4.86. The molecule has 18 heavy (non-hydrogen) atoms. The van der Waals surface area contributed by atoms with Crippen LogP contribution in [0.2, 0.25) is 0 Å². The van der Waals surface area contributed by atoms with E-state index in [2.05, 4.69) is 0 Å². The van der Waals surface area contributed by atoms with Gasteiger partial charge in [-0.05, 0) is 26.2 Å². The average molecular weight is 264 g/mol. The van der Waals surface area contributed by atoms with Crippen LogP contribution in [0.4, 0.5) is 8.78 Å². The van der Waals surface area contributed by atoms with E-state index in [9.17, 15) is 13.6 Å². The lowest BCUT2D eigenvalue weighted by molar-refractivity contribution is -0.136. The van der Waals surface area contributed by atoms with Gasteiger partial charge in [-0.2, -0.15) is 0 Å². The standard InChI is InChI=1S/C12H22F2N2O2/c1-10-4-2-3-5-16(10)12(18)9-15(6-7-17)8-11(13)14/h10-11,17H,2-9H2,1H3. The van der Waals surface area contributed by atoms with Crippen molar-refractivity contribution >= 4 is 5.91 Å². The highest BCUT2D eigenvalue weighted by atomic mass is 19.3. The molecule has 1 heterocycles. The highest BCUT2D eigenvalue weighted by Crippen LogP contribution is 2.16. The van der Waals surface area contributed by atoms with E-state index < -0.39 is 13.0 Å². The number of likely N-dealkylation sites (tertiary alicyclic amines) is 1. The second-order valence-electron chi connectivity index (χ2n) is 4.78. The largest absolute Gasteiger partial charge is 0.395 e. The molecule has 0 aromatic rings. The molecule has 0 saturated carbocycles. The topological polar surface area (TPSA) is 43.8 Å². The SMILES string of the molecule is CC1CCCCN1C(=O)CN(CCO)CC(F)F. The third-order valence-corrected chi connectivity index (χ3v) is 3.29. The van der Waals surface area contributed by atoms with E-state index >= 15 is 0 Å². The Labute approximate surface area is 107 Å². The molecule has 1 rings (SSSR count). The van der Waals surface area contributed by atoms with E-state index in [0.29, 0.717) is 6.54 Å². The van der Waals surface area contributed by atoms with Gasteiger partial charge in [0.2, 0.25) is 5.91 Å². The summed E-state index contributed by atoms with van der Waals surface area (Å²) in [5.74, 6) is -0.115. The molecule has 0 spiro atoms. The number of hydrogen-bond acceptors (Lipinski definition) is 3. The van der Waals surface area contributed by atoms with E-state index in [4.69, 9.17) is 5.11 Å². The summed E-state index contributed by atoms with van der Waals surface area (Å²) in [6, 6.07) is 0.189. The van der Waals surface area contributed by atoms with Gasteiger partial charge in [-0.1, -0.05) is 0 Å². The average Bonchev–Trinajstić information content (AvgIpc) is 2.28. The van der Waals surface area contributed by atoms with Crippen LogP contribution < -0.4 is 0 Å².